The van der Waals surface area contributed by atoms with E-state index in [-0.39, 0.29) is 11.2 Å². The van der Waals surface area contributed by atoms with Crippen LogP contribution in [0.3, 0.4) is 0 Å². The highest BCUT2D eigenvalue weighted by molar-refractivity contribution is 5.31. The van der Waals surface area contributed by atoms with Crippen LogP contribution in [0.15, 0.2) is 41.3 Å². The first kappa shape index (κ1) is 13.4. The first-order valence-electron chi connectivity index (χ1n) is 6.79. The summed E-state index contributed by atoms with van der Waals surface area (Å²) in [6, 6.07) is 11.1. The maximum atomic E-state index is 11.5. The second-order valence-corrected chi connectivity index (χ2v) is 5.23. The molecule has 21 heavy (non-hydrogen) atoms. The van der Waals surface area contributed by atoms with E-state index in [0.717, 1.165) is 30.9 Å². The van der Waals surface area contributed by atoms with Gasteiger partial charge in [-0.25, -0.2) is 0 Å². The van der Waals surface area contributed by atoms with Crippen molar-refractivity contribution >= 4 is 0 Å². The van der Waals surface area contributed by atoms with Gasteiger partial charge in [-0.15, -0.1) is 0 Å². The molecule has 0 saturated carbocycles. The monoisotopic (exact) mass is 281 g/mol. The number of benzene rings is 1. The average molecular weight is 281 g/mol. The van der Waals surface area contributed by atoms with Crippen LogP contribution in [-0.4, -0.2) is 21.1 Å². The summed E-state index contributed by atoms with van der Waals surface area (Å²) in [6.45, 7) is 3.06. The molecule has 0 fully saturated rings. The molecule has 5 heteroatoms. The fraction of sp³-hybridized carbons (Fsp3) is 0.250. The first-order valence-corrected chi connectivity index (χ1v) is 6.79. The van der Waals surface area contributed by atoms with Gasteiger partial charge < -0.3 is 9.67 Å². The summed E-state index contributed by atoms with van der Waals surface area (Å²) < 4.78 is 1.92. The van der Waals surface area contributed by atoms with Gasteiger partial charge in [0.15, 0.2) is 5.75 Å². The fourth-order valence-corrected chi connectivity index (χ4v) is 2.58. The summed E-state index contributed by atoms with van der Waals surface area (Å²) in [5.74, 6) is -0.195. The van der Waals surface area contributed by atoms with E-state index >= 15 is 0 Å². The third-order valence-electron chi connectivity index (χ3n) is 3.73. The molecule has 5 nitrogen and oxygen atoms in total. The van der Waals surface area contributed by atoms with Gasteiger partial charge in [0.2, 0.25) is 5.43 Å². The number of nitrogens with zero attached hydrogens (tertiary/aromatic N) is 3. The van der Waals surface area contributed by atoms with Crippen molar-refractivity contribution in [3.63, 3.8) is 0 Å². The quantitative estimate of drug-likeness (QED) is 0.904. The predicted octanol–water partition coefficient (Wildman–Crippen LogP) is 1.44. The molecule has 3 rings (SSSR count). The van der Waals surface area contributed by atoms with Crippen molar-refractivity contribution in [1.29, 1.82) is 5.26 Å². The fourth-order valence-electron chi connectivity index (χ4n) is 2.58. The van der Waals surface area contributed by atoms with Crippen LogP contribution in [0, 0.1) is 11.3 Å². The summed E-state index contributed by atoms with van der Waals surface area (Å²) in [5, 5.41) is 18.2. The van der Waals surface area contributed by atoms with Crippen molar-refractivity contribution in [3.8, 4) is 11.8 Å². The molecule has 0 saturated heterocycles. The highest BCUT2D eigenvalue weighted by atomic mass is 16.3. The van der Waals surface area contributed by atoms with Gasteiger partial charge in [0.25, 0.3) is 0 Å². The molecular formula is C16H15N3O2. The molecule has 0 unspecified atom stereocenters. The van der Waals surface area contributed by atoms with Gasteiger partial charge >= 0.3 is 0 Å². The Morgan fingerprint density at radius 2 is 2.00 bits per heavy atom. The van der Waals surface area contributed by atoms with Crippen LogP contribution in [0.25, 0.3) is 0 Å². The molecule has 1 aliphatic heterocycles. The van der Waals surface area contributed by atoms with E-state index in [9.17, 15) is 9.90 Å². The van der Waals surface area contributed by atoms with Gasteiger partial charge in [-0.2, -0.15) is 5.26 Å². The molecule has 0 spiro atoms. The minimum absolute atomic E-state index is 0.195. The van der Waals surface area contributed by atoms with Gasteiger partial charge in [0.05, 0.1) is 17.8 Å². The average Bonchev–Trinajstić information content (AvgIpc) is 2.49. The second-order valence-electron chi connectivity index (χ2n) is 5.23. The third kappa shape index (κ3) is 2.81. The molecule has 0 atom stereocenters. The van der Waals surface area contributed by atoms with Crippen molar-refractivity contribution < 1.29 is 5.11 Å². The molecule has 0 bridgehead atoms. The van der Waals surface area contributed by atoms with E-state index < -0.39 is 0 Å². The number of hydrogen-bond donors (Lipinski definition) is 1. The molecule has 106 valence electrons. The van der Waals surface area contributed by atoms with E-state index in [2.05, 4.69) is 11.0 Å². The predicted molar refractivity (Wildman–Crippen MR) is 77.6 cm³/mol. The van der Waals surface area contributed by atoms with Gasteiger partial charge in [0.1, 0.15) is 0 Å². The number of aromatic hydroxyl groups is 1. The highest BCUT2D eigenvalue weighted by Gasteiger charge is 2.16. The van der Waals surface area contributed by atoms with Crippen LogP contribution in [0.4, 0.5) is 0 Å². The van der Waals surface area contributed by atoms with E-state index in [1.165, 1.54) is 12.3 Å². The van der Waals surface area contributed by atoms with E-state index in [1.54, 1.807) is 0 Å². The molecule has 1 aliphatic rings. The number of hydrogen-bond acceptors (Lipinski definition) is 4. The molecule has 1 N–H and O–H groups in total. The van der Waals surface area contributed by atoms with Crippen molar-refractivity contribution in [1.82, 2.24) is 9.47 Å². The van der Waals surface area contributed by atoms with E-state index in [1.807, 2.05) is 28.8 Å². The number of fused-ring (bicyclic) bond motifs is 1. The summed E-state index contributed by atoms with van der Waals surface area (Å²) in [6.07, 6.45) is 1.51. The maximum Gasteiger partial charge on any atom is 0.223 e. The number of aromatic nitrogens is 1. The Balaban J connectivity index is 1.75. The molecule has 1 aromatic carbocycles. The van der Waals surface area contributed by atoms with Gasteiger partial charge in [0, 0.05) is 37.9 Å². The molecule has 0 amide bonds. The Morgan fingerprint density at radius 3 is 2.71 bits per heavy atom. The minimum atomic E-state index is -0.332. The van der Waals surface area contributed by atoms with Crippen LogP contribution in [-0.2, 0) is 19.6 Å². The Morgan fingerprint density at radius 1 is 1.24 bits per heavy atom. The number of nitriles is 1. The lowest BCUT2D eigenvalue weighted by molar-refractivity contribution is 0.210. The Hall–Kier alpha value is -2.58. The summed E-state index contributed by atoms with van der Waals surface area (Å²) >= 11 is 0. The standard InChI is InChI=1S/C16H15N3O2/c17-8-12-1-3-13(4-2-12)9-18-5-6-19-11-16(21)15(20)7-14(19)10-18/h1-4,7,11,21H,5-6,9-10H2. The van der Waals surface area contributed by atoms with Crippen molar-refractivity contribution in [2.45, 2.75) is 19.6 Å². The van der Waals surface area contributed by atoms with Crippen LogP contribution in [0.2, 0.25) is 0 Å². The van der Waals surface area contributed by atoms with E-state index in [0.29, 0.717) is 12.1 Å². The SMILES string of the molecule is N#Cc1ccc(CN2CCn3cc(O)c(=O)cc3C2)cc1. The maximum absolute atomic E-state index is 11.5. The Labute approximate surface area is 122 Å². The van der Waals surface area contributed by atoms with Crippen LogP contribution < -0.4 is 5.43 Å². The van der Waals surface area contributed by atoms with E-state index in [4.69, 9.17) is 5.26 Å². The lowest BCUT2D eigenvalue weighted by atomic mass is 10.1. The van der Waals surface area contributed by atoms with Crippen LogP contribution in [0.5, 0.6) is 5.75 Å². The third-order valence-corrected chi connectivity index (χ3v) is 3.73. The number of pyridine rings is 1. The Kier molecular flexibility index (Phi) is 3.46. The van der Waals surface area contributed by atoms with Crippen molar-refractivity contribution in [3.05, 3.63) is 63.6 Å². The highest BCUT2D eigenvalue weighted by Crippen LogP contribution is 2.16. The Bertz CT molecular complexity index is 757. The zero-order valence-electron chi connectivity index (χ0n) is 11.5. The summed E-state index contributed by atoms with van der Waals surface area (Å²) in [5.41, 5.74) is 2.38. The summed E-state index contributed by atoms with van der Waals surface area (Å²) in [4.78, 5) is 13.8. The molecule has 0 aliphatic carbocycles. The molecule has 1 aromatic heterocycles. The molecular weight excluding hydrogens is 266 g/mol. The molecule has 0 radical (unpaired) electrons. The van der Waals surface area contributed by atoms with Gasteiger partial charge in [-0.3, -0.25) is 9.69 Å². The zero-order chi connectivity index (χ0) is 14.8. The number of rotatable bonds is 2. The van der Waals surface area contributed by atoms with Crippen molar-refractivity contribution in [2.24, 2.45) is 0 Å². The zero-order valence-corrected chi connectivity index (χ0v) is 11.5. The lowest BCUT2D eigenvalue weighted by Crippen LogP contribution is -2.34. The first-order chi connectivity index (χ1) is 10.2. The minimum Gasteiger partial charge on any atom is -0.503 e. The van der Waals surface area contributed by atoms with Crippen LogP contribution in [0.1, 0.15) is 16.8 Å². The van der Waals surface area contributed by atoms with Gasteiger partial charge in [-0.05, 0) is 17.7 Å². The topological polar surface area (TPSA) is 69.3 Å². The molecule has 2 heterocycles. The second kappa shape index (κ2) is 5.43. The molecule has 2 aromatic rings. The lowest BCUT2D eigenvalue weighted by Gasteiger charge is -2.30. The smallest absolute Gasteiger partial charge is 0.223 e. The van der Waals surface area contributed by atoms with Crippen LogP contribution >= 0.6 is 0 Å². The largest absolute Gasteiger partial charge is 0.503 e. The normalized spacial score (nSPS) is 14.4. The van der Waals surface area contributed by atoms with Gasteiger partial charge in [-0.1, -0.05) is 12.1 Å². The summed E-state index contributed by atoms with van der Waals surface area (Å²) in [7, 11) is 0. The van der Waals surface area contributed by atoms with Crippen molar-refractivity contribution in [2.75, 3.05) is 6.54 Å².